The standard InChI is InChI=1S/C19H22N2O4S/c1-3-19(22)21-11-10-14-12-17(8-9-18(14)21)26(23,24)20-15-6-5-7-16(13-15)25-4-2/h5-9,12-13,20H,3-4,10-11H2,1-2H3. The summed E-state index contributed by atoms with van der Waals surface area (Å²) < 4.78 is 33.4. The number of amides is 1. The van der Waals surface area contributed by atoms with Gasteiger partial charge in [-0.25, -0.2) is 8.42 Å². The zero-order chi connectivity index (χ0) is 18.7. The number of nitrogens with zero attached hydrogens (tertiary/aromatic N) is 1. The zero-order valence-electron chi connectivity index (χ0n) is 14.9. The predicted molar refractivity (Wildman–Crippen MR) is 101 cm³/mol. The van der Waals surface area contributed by atoms with E-state index in [1.54, 1.807) is 41.3 Å². The highest BCUT2D eigenvalue weighted by molar-refractivity contribution is 7.92. The van der Waals surface area contributed by atoms with Crippen LogP contribution in [0, 0.1) is 0 Å². The first kappa shape index (κ1) is 18.3. The van der Waals surface area contributed by atoms with Crippen LogP contribution in [0.5, 0.6) is 5.75 Å². The molecule has 2 aromatic rings. The van der Waals surface area contributed by atoms with E-state index >= 15 is 0 Å². The molecular formula is C19H22N2O4S. The number of hydrogen-bond acceptors (Lipinski definition) is 4. The fourth-order valence-electron chi connectivity index (χ4n) is 3.03. The Morgan fingerprint density at radius 1 is 1.19 bits per heavy atom. The number of hydrogen-bond donors (Lipinski definition) is 1. The molecule has 26 heavy (non-hydrogen) atoms. The van der Waals surface area contributed by atoms with Crippen LogP contribution in [-0.2, 0) is 21.2 Å². The van der Waals surface area contributed by atoms with E-state index in [9.17, 15) is 13.2 Å². The predicted octanol–water partition coefficient (Wildman–Crippen LogP) is 3.19. The summed E-state index contributed by atoms with van der Waals surface area (Å²) in [4.78, 5) is 13.9. The topological polar surface area (TPSA) is 75.7 Å². The lowest BCUT2D eigenvalue weighted by molar-refractivity contribution is -0.118. The third-order valence-corrected chi connectivity index (χ3v) is 5.64. The summed E-state index contributed by atoms with van der Waals surface area (Å²) in [5.41, 5.74) is 2.12. The largest absolute Gasteiger partial charge is 0.494 e. The molecule has 138 valence electrons. The van der Waals surface area contributed by atoms with Gasteiger partial charge >= 0.3 is 0 Å². The molecule has 6 nitrogen and oxygen atoms in total. The normalized spacial score (nSPS) is 13.4. The highest BCUT2D eigenvalue weighted by Gasteiger charge is 2.25. The van der Waals surface area contributed by atoms with Crippen molar-refractivity contribution in [1.82, 2.24) is 0 Å². The van der Waals surface area contributed by atoms with Gasteiger partial charge in [-0.15, -0.1) is 0 Å². The van der Waals surface area contributed by atoms with Gasteiger partial charge in [0.25, 0.3) is 10.0 Å². The number of carbonyl (C=O) groups excluding carboxylic acids is 1. The molecule has 3 rings (SSSR count). The maximum absolute atomic E-state index is 12.7. The van der Waals surface area contributed by atoms with Gasteiger partial charge in [-0.2, -0.15) is 0 Å². The second-order valence-corrected chi connectivity index (χ2v) is 7.69. The summed E-state index contributed by atoms with van der Waals surface area (Å²) in [6.45, 7) is 4.79. The van der Waals surface area contributed by atoms with Crippen LogP contribution in [0.15, 0.2) is 47.4 Å². The first-order valence-corrected chi connectivity index (χ1v) is 10.1. The van der Waals surface area contributed by atoms with Crippen molar-refractivity contribution in [2.24, 2.45) is 0 Å². The summed E-state index contributed by atoms with van der Waals surface area (Å²) in [6.07, 6.45) is 1.08. The summed E-state index contributed by atoms with van der Waals surface area (Å²) >= 11 is 0. The Labute approximate surface area is 153 Å². The van der Waals surface area contributed by atoms with E-state index in [0.717, 1.165) is 11.3 Å². The fraction of sp³-hybridized carbons (Fsp3) is 0.316. The zero-order valence-corrected chi connectivity index (χ0v) is 15.7. The van der Waals surface area contributed by atoms with Crippen LogP contribution in [0.2, 0.25) is 0 Å². The minimum Gasteiger partial charge on any atom is -0.494 e. The maximum Gasteiger partial charge on any atom is 0.261 e. The first-order chi connectivity index (χ1) is 12.4. The highest BCUT2D eigenvalue weighted by Crippen LogP contribution is 2.31. The third-order valence-electron chi connectivity index (χ3n) is 4.26. The summed E-state index contributed by atoms with van der Waals surface area (Å²) in [5.74, 6) is 0.653. The van der Waals surface area contributed by atoms with Gasteiger partial charge in [-0.05, 0) is 49.2 Å². The molecule has 0 saturated carbocycles. The van der Waals surface area contributed by atoms with E-state index < -0.39 is 10.0 Å². The Morgan fingerprint density at radius 2 is 2.00 bits per heavy atom. The van der Waals surface area contributed by atoms with Crippen molar-refractivity contribution in [3.8, 4) is 5.75 Å². The van der Waals surface area contributed by atoms with Crippen molar-refractivity contribution in [1.29, 1.82) is 0 Å². The number of rotatable bonds is 6. The third kappa shape index (κ3) is 3.67. The Hall–Kier alpha value is -2.54. The molecule has 0 saturated heterocycles. The monoisotopic (exact) mass is 374 g/mol. The van der Waals surface area contributed by atoms with E-state index in [1.165, 1.54) is 6.07 Å². The van der Waals surface area contributed by atoms with Gasteiger partial charge in [-0.1, -0.05) is 13.0 Å². The van der Waals surface area contributed by atoms with E-state index in [4.69, 9.17) is 4.74 Å². The van der Waals surface area contributed by atoms with Crippen molar-refractivity contribution in [3.63, 3.8) is 0 Å². The van der Waals surface area contributed by atoms with Crippen LogP contribution in [-0.4, -0.2) is 27.5 Å². The number of benzene rings is 2. The fourth-order valence-corrected chi connectivity index (χ4v) is 4.13. The Morgan fingerprint density at radius 3 is 2.73 bits per heavy atom. The number of ether oxygens (including phenoxy) is 1. The Bertz CT molecular complexity index is 925. The second-order valence-electron chi connectivity index (χ2n) is 6.01. The lowest BCUT2D eigenvalue weighted by atomic mass is 10.2. The van der Waals surface area contributed by atoms with Crippen molar-refractivity contribution >= 4 is 27.3 Å². The SMILES string of the molecule is CCOc1cccc(NS(=O)(=O)c2ccc3c(c2)CCN3C(=O)CC)c1. The smallest absolute Gasteiger partial charge is 0.261 e. The van der Waals surface area contributed by atoms with E-state index in [-0.39, 0.29) is 10.8 Å². The van der Waals surface area contributed by atoms with Gasteiger partial charge in [0, 0.05) is 24.7 Å². The number of sulfonamides is 1. The number of nitrogens with one attached hydrogen (secondary N) is 1. The quantitative estimate of drug-likeness (QED) is 0.843. The van der Waals surface area contributed by atoms with Gasteiger partial charge < -0.3 is 9.64 Å². The van der Waals surface area contributed by atoms with E-state index in [1.807, 2.05) is 13.8 Å². The lowest BCUT2D eigenvalue weighted by Crippen LogP contribution is -2.27. The minimum atomic E-state index is -3.72. The molecule has 0 fully saturated rings. The van der Waals surface area contributed by atoms with Crippen molar-refractivity contribution in [3.05, 3.63) is 48.0 Å². The molecule has 0 spiro atoms. The van der Waals surface area contributed by atoms with Crippen LogP contribution in [0.1, 0.15) is 25.8 Å². The average molecular weight is 374 g/mol. The molecule has 0 unspecified atom stereocenters. The van der Waals surface area contributed by atoms with Gasteiger partial charge in [-0.3, -0.25) is 9.52 Å². The summed E-state index contributed by atoms with van der Waals surface area (Å²) in [6, 6.07) is 11.7. The minimum absolute atomic E-state index is 0.0465. The van der Waals surface area contributed by atoms with Gasteiger partial charge in [0.05, 0.1) is 17.2 Å². The van der Waals surface area contributed by atoms with Crippen LogP contribution >= 0.6 is 0 Å². The first-order valence-electron chi connectivity index (χ1n) is 8.63. The van der Waals surface area contributed by atoms with Crippen LogP contribution in [0.3, 0.4) is 0 Å². The lowest BCUT2D eigenvalue weighted by Gasteiger charge is -2.16. The van der Waals surface area contributed by atoms with Crippen LogP contribution < -0.4 is 14.4 Å². The van der Waals surface area contributed by atoms with Gasteiger partial charge in [0.1, 0.15) is 5.75 Å². The Balaban J connectivity index is 1.85. The van der Waals surface area contributed by atoms with Crippen molar-refractivity contribution in [2.45, 2.75) is 31.6 Å². The molecule has 2 aromatic carbocycles. The van der Waals surface area contributed by atoms with Gasteiger partial charge in [0.15, 0.2) is 0 Å². The van der Waals surface area contributed by atoms with Crippen molar-refractivity contribution in [2.75, 3.05) is 22.8 Å². The molecule has 0 aromatic heterocycles. The molecule has 1 aliphatic heterocycles. The molecule has 0 radical (unpaired) electrons. The van der Waals surface area contributed by atoms with Crippen molar-refractivity contribution < 1.29 is 17.9 Å². The van der Waals surface area contributed by atoms with Gasteiger partial charge in [0.2, 0.25) is 5.91 Å². The molecular weight excluding hydrogens is 352 g/mol. The number of anilines is 2. The molecule has 1 N–H and O–H groups in total. The number of fused-ring (bicyclic) bond motifs is 1. The Kier molecular flexibility index (Phi) is 5.18. The van der Waals surface area contributed by atoms with Crippen LogP contribution in [0.4, 0.5) is 11.4 Å². The molecule has 0 bridgehead atoms. The molecule has 1 amide bonds. The second kappa shape index (κ2) is 7.37. The van der Waals surface area contributed by atoms with Crippen LogP contribution in [0.25, 0.3) is 0 Å². The summed E-state index contributed by atoms with van der Waals surface area (Å²) in [5, 5.41) is 0. The maximum atomic E-state index is 12.7. The average Bonchev–Trinajstić information content (AvgIpc) is 3.04. The highest BCUT2D eigenvalue weighted by atomic mass is 32.2. The molecule has 1 aliphatic rings. The molecule has 0 atom stereocenters. The van der Waals surface area contributed by atoms with E-state index in [0.29, 0.717) is 37.4 Å². The summed E-state index contributed by atoms with van der Waals surface area (Å²) in [7, 11) is -3.72. The van der Waals surface area contributed by atoms with E-state index in [2.05, 4.69) is 4.72 Å². The molecule has 1 heterocycles. The molecule has 0 aliphatic carbocycles. The number of carbonyl (C=O) groups is 1. The molecule has 7 heteroatoms.